The van der Waals surface area contributed by atoms with Crippen molar-refractivity contribution in [3.05, 3.63) is 70.4 Å². The van der Waals surface area contributed by atoms with E-state index in [9.17, 15) is 4.79 Å². The van der Waals surface area contributed by atoms with Crippen molar-refractivity contribution in [1.82, 2.24) is 4.98 Å². The van der Waals surface area contributed by atoms with E-state index in [1.54, 1.807) is 6.20 Å². The van der Waals surface area contributed by atoms with Crippen molar-refractivity contribution < 1.29 is 4.79 Å². The molecule has 0 radical (unpaired) electrons. The minimum Gasteiger partial charge on any atom is -0.360 e. The number of benzene rings is 2. The Kier molecular flexibility index (Phi) is 3.33. The Labute approximate surface area is 122 Å². The lowest BCUT2D eigenvalue weighted by atomic mass is 9.97. The quantitative estimate of drug-likeness (QED) is 0.699. The maximum absolute atomic E-state index is 12.7. The summed E-state index contributed by atoms with van der Waals surface area (Å²) in [7, 11) is 0. The van der Waals surface area contributed by atoms with Gasteiger partial charge in [-0.3, -0.25) is 4.79 Å². The molecule has 0 atom stereocenters. The van der Waals surface area contributed by atoms with Gasteiger partial charge in [0.05, 0.1) is 0 Å². The van der Waals surface area contributed by atoms with Crippen molar-refractivity contribution in [3.63, 3.8) is 0 Å². The molecule has 3 heteroatoms. The van der Waals surface area contributed by atoms with Crippen molar-refractivity contribution in [3.8, 4) is 0 Å². The number of hydrogen-bond donors (Lipinski definition) is 1. The van der Waals surface area contributed by atoms with E-state index in [2.05, 4.69) is 11.9 Å². The summed E-state index contributed by atoms with van der Waals surface area (Å²) >= 11 is 6.03. The van der Waals surface area contributed by atoms with Crippen molar-refractivity contribution in [2.24, 2.45) is 0 Å². The first kappa shape index (κ1) is 12.9. The molecule has 3 aromatic rings. The fraction of sp³-hybridized carbons (Fsp3) is 0.118. The maximum Gasteiger partial charge on any atom is 0.195 e. The van der Waals surface area contributed by atoms with Gasteiger partial charge >= 0.3 is 0 Å². The number of aromatic amines is 1. The Morgan fingerprint density at radius 3 is 2.75 bits per heavy atom. The van der Waals surface area contributed by atoms with Gasteiger partial charge < -0.3 is 4.98 Å². The average molecular weight is 284 g/mol. The van der Waals surface area contributed by atoms with Crippen LogP contribution in [0.15, 0.2) is 48.7 Å². The molecule has 0 aliphatic rings. The van der Waals surface area contributed by atoms with Gasteiger partial charge in [0.1, 0.15) is 0 Å². The van der Waals surface area contributed by atoms with Crippen LogP contribution in [-0.2, 0) is 6.42 Å². The van der Waals surface area contributed by atoms with Crippen LogP contribution in [0.4, 0.5) is 0 Å². The normalized spacial score (nSPS) is 10.9. The molecule has 0 fully saturated rings. The number of carbonyl (C=O) groups is 1. The minimum atomic E-state index is 0.0379. The number of aryl methyl sites for hydroxylation is 1. The second-order valence-electron chi connectivity index (χ2n) is 4.73. The monoisotopic (exact) mass is 283 g/mol. The summed E-state index contributed by atoms with van der Waals surface area (Å²) in [6.07, 6.45) is 2.60. The summed E-state index contributed by atoms with van der Waals surface area (Å²) in [5.41, 5.74) is 3.42. The fourth-order valence-electron chi connectivity index (χ4n) is 2.48. The summed E-state index contributed by atoms with van der Waals surface area (Å²) in [5.74, 6) is 0.0379. The number of aromatic nitrogens is 1. The van der Waals surface area contributed by atoms with E-state index in [-0.39, 0.29) is 5.78 Å². The van der Waals surface area contributed by atoms with Crippen LogP contribution >= 0.6 is 11.6 Å². The number of hydrogen-bond acceptors (Lipinski definition) is 1. The largest absolute Gasteiger partial charge is 0.360 e. The molecular formula is C17H14ClNO. The van der Waals surface area contributed by atoms with E-state index in [0.29, 0.717) is 10.6 Å². The highest BCUT2D eigenvalue weighted by Crippen LogP contribution is 2.25. The summed E-state index contributed by atoms with van der Waals surface area (Å²) in [6, 6.07) is 13.3. The van der Waals surface area contributed by atoms with E-state index in [1.165, 1.54) is 0 Å². The Bertz CT molecular complexity index is 789. The van der Waals surface area contributed by atoms with Gasteiger partial charge in [0.2, 0.25) is 0 Å². The molecule has 0 unspecified atom stereocenters. The van der Waals surface area contributed by atoms with Gasteiger partial charge in [-0.25, -0.2) is 0 Å². The highest BCUT2D eigenvalue weighted by Gasteiger charge is 2.16. The zero-order chi connectivity index (χ0) is 14.1. The predicted molar refractivity (Wildman–Crippen MR) is 82.6 cm³/mol. The Balaban J connectivity index is 2.15. The molecule has 1 aromatic heterocycles. The maximum atomic E-state index is 12.7. The molecule has 0 spiro atoms. The Morgan fingerprint density at radius 2 is 1.95 bits per heavy atom. The number of carbonyl (C=O) groups excluding carboxylic acids is 1. The molecule has 0 aliphatic heterocycles. The number of H-pyrrole nitrogens is 1. The number of nitrogens with one attached hydrogen (secondary N) is 1. The van der Waals surface area contributed by atoms with Gasteiger partial charge in [-0.15, -0.1) is 0 Å². The first-order valence-electron chi connectivity index (χ1n) is 6.60. The van der Waals surface area contributed by atoms with Gasteiger partial charge in [0.25, 0.3) is 0 Å². The fourth-order valence-corrected chi connectivity index (χ4v) is 2.65. The van der Waals surface area contributed by atoms with Gasteiger partial charge in [-0.1, -0.05) is 42.8 Å². The minimum absolute atomic E-state index is 0.0379. The van der Waals surface area contributed by atoms with Crippen molar-refractivity contribution in [1.29, 1.82) is 0 Å². The number of halogens is 1. The average Bonchev–Trinajstić information content (AvgIpc) is 2.89. The third-order valence-electron chi connectivity index (χ3n) is 3.53. The number of ketones is 1. The molecule has 3 rings (SSSR count). The molecule has 1 heterocycles. The van der Waals surface area contributed by atoms with E-state index >= 15 is 0 Å². The van der Waals surface area contributed by atoms with Crippen molar-refractivity contribution >= 4 is 28.3 Å². The third kappa shape index (κ3) is 2.12. The standard InChI is InChI=1S/C17H14ClNO/c1-2-11-5-3-4-6-13(11)17(20)15-10-19-16-8-7-12(18)9-14(15)16/h3-10,19H,2H2,1H3. The van der Waals surface area contributed by atoms with Crippen LogP contribution in [0.2, 0.25) is 5.02 Å². The number of rotatable bonds is 3. The molecule has 0 saturated heterocycles. The van der Waals surface area contributed by atoms with Gasteiger partial charge in [0.15, 0.2) is 5.78 Å². The number of fused-ring (bicyclic) bond motifs is 1. The van der Waals surface area contributed by atoms with E-state index in [0.717, 1.165) is 28.5 Å². The van der Waals surface area contributed by atoms with E-state index in [4.69, 9.17) is 11.6 Å². The first-order valence-corrected chi connectivity index (χ1v) is 6.97. The Morgan fingerprint density at radius 1 is 1.15 bits per heavy atom. The molecule has 0 amide bonds. The van der Waals surface area contributed by atoms with E-state index < -0.39 is 0 Å². The highest BCUT2D eigenvalue weighted by atomic mass is 35.5. The van der Waals surface area contributed by atoms with Gasteiger partial charge in [0, 0.05) is 33.2 Å². The van der Waals surface area contributed by atoms with E-state index in [1.807, 2.05) is 42.5 Å². The first-order chi connectivity index (χ1) is 9.70. The summed E-state index contributed by atoms with van der Waals surface area (Å²) in [6.45, 7) is 2.05. The lowest BCUT2D eigenvalue weighted by molar-refractivity contribution is 0.103. The van der Waals surface area contributed by atoms with Crippen LogP contribution in [-0.4, -0.2) is 10.8 Å². The van der Waals surface area contributed by atoms with Crippen LogP contribution in [0.25, 0.3) is 10.9 Å². The molecule has 0 bridgehead atoms. The molecule has 100 valence electrons. The second kappa shape index (κ2) is 5.14. The molecule has 1 N–H and O–H groups in total. The Hall–Kier alpha value is -2.06. The SMILES string of the molecule is CCc1ccccc1C(=O)c1c[nH]c2ccc(Cl)cc12. The van der Waals surface area contributed by atoms with Gasteiger partial charge in [-0.2, -0.15) is 0 Å². The molecule has 2 aromatic carbocycles. The summed E-state index contributed by atoms with van der Waals surface area (Å²) in [5, 5.41) is 1.50. The lowest BCUT2D eigenvalue weighted by Crippen LogP contribution is -2.04. The van der Waals surface area contributed by atoms with Gasteiger partial charge in [-0.05, 0) is 30.2 Å². The van der Waals surface area contributed by atoms with Crippen LogP contribution < -0.4 is 0 Å². The molecule has 2 nitrogen and oxygen atoms in total. The van der Waals surface area contributed by atoms with Crippen LogP contribution in [0.5, 0.6) is 0 Å². The molecule has 0 saturated carbocycles. The van der Waals surface area contributed by atoms with Crippen LogP contribution in [0.3, 0.4) is 0 Å². The summed E-state index contributed by atoms with van der Waals surface area (Å²) < 4.78 is 0. The van der Waals surface area contributed by atoms with Crippen molar-refractivity contribution in [2.45, 2.75) is 13.3 Å². The van der Waals surface area contributed by atoms with Crippen molar-refractivity contribution in [2.75, 3.05) is 0 Å². The molecule has 0 aliphatic carbocycles. The van der Waals surface area contributed by atoms with Crippen LogP contribution in [0.1, 0.15) is 28.4 Å². The molecule has 20 heavy (non-hydrogen) atoms. The zero-order valence-corrected chi connectivity index (χ0v) is 11.9. The third-order valence-corrected chi connectivity index (χ3v) is 3.77. The zero-order valence-electron chi connectivity index (χ0n) is 11.1. The van der Waals surface area contributed by atoms with Crippen LogP contribution in [0, 0.1) is 0 Å². The topological polar surface area (TPSA) is 32.9 Å². The summed E-state index contributed by atoms with van der Waals surface area (Å²) in [4.78, 5) is 15.9. The molecular weight excluding hydrogens is 270 g/mol. The predicted octanol–water partition coefficient (Wildman–Crippen LogP) is 4.61. The second-order valence-corrected chi connectivity index (χ2v) is 5.17. The smallest absolute Gasteiger partial charge is 0.195 e. The lowest BCUT2D eigenvalue weighted by Gasteiger charge is -2.06. The highest BCUT2D eigenvalue weighted by molar-refractivity contribution is 6.31.